The first-order valence-electron chi connectivity index (χ1n) is 7.03. The number of hydrogen-bond donors (Lipinski definition) is 0. The Morgan fingerprint density at radius 1 is 1.35 bits per heavy atom. The lowest BCUT2D eigenvalue weighted by molar-refractivity contribution is 0.210. The minimum absolute atomic E-state index is 0.0286. The molecule has 1 unspecified atom stereocenters. The van der Waals surface area contributed by atoms with Crippen LogP contribution in [0.5, 0.6) is 0 Å². The zero-order valence-corrected chi connectivity index (χ0v) is 12.0. The first-order valence-corrected chi connectivity index (χ1v) is 7.03. The number of rotatable bonds is 4. The molecule has 1 saturated heterocycles. The lowest BCUT2D eigenvalue weighted by Crippen LogP contribution is -2.50. The third kappa shape index (κ3) is 3.05. The summed E-state index contributed by atoms with van der Waals surface area (Å²) < 4.78 is 14.0. The van der Waals surface area contributed by atoms with Gasteiger partial charge in [-0.1, -0.05) is 13.3 Å². The molecule has 0 bridgehead atoms. The van der Waals surface area contributed by atoms with Crippen LogP contribution in [0.2, 0.25) is 0 Å². The van der Waals surface area contributed by atoms with Gasteiger partial charge in [0.05, 0.1) is 17.8 Å². The lowest BCUT2D eigenvalue weighted by Gasteiger charge is -2.37. The maximum Gasteiger partial charge on any atom is 0.186 e. The van der Waals surface area contributed by atoms with E-state index in [0.29, 0.717) is 24.6 Å². The smallest absolute Gasteiger partial charge is 0.186 e. The topological polar surface area (TPSA) is 56.1 Å². The van der Waals surface area contributed by atoms with Crippen LogP contribution in [0.4, 0.5) is 10.2 Å². The summed E-state index contributed by atoms with van der Waals surface area (Å²) >= 11 is 0. The van der Waals surface area contributed by atoms with E-state index in [1.165, 1.54) is 6.33 Å². The molecule has 2 rings (SSSR count). The van der Waals surface area contributed by atoms with Gasteiger partial charge < -0.3 is 4.90 Å². The van der Waals surface area contributed by atoms with Crippen molar-refractivity contribution in [2.75, 3.05) is 31.1 Å². The Hall–Kier alpha value is -1.74. The largest absolute Gasteiger partial charge is 0.352 e. The van der Waals surface area contributed by atoms with Gasteiger partial charge in [0.15, 0.2) is 11.6 Å². The molecule has 1 aromatic rings. The molecule has 108 valence electrons. The number of nitrogens with zero attached hydrogens (tertiary/aromatic N) is 5. The maximum atomic E-state index is 14.0. The second kappa shape index (κ2) is 6.62. The summed E-state index contributed by atoms with van der Waals surface area (Å²) in [4.78, 5) is 12.0. The summed E-state index contributed by atoms with van der Waals surface area (Å²) in [6.45, 7) is 6.63. The number of aryl methyl sites for hydroxylation is 1. The molecule has 2 heterocycles. The molecule has 0 spiro atoms. The maximum absolute atomic E-state index is 14.0. The van der Waals surface area contributed by atoms with Crippen molar-refractivity contribution in [3.63, 3.8) is 0 Å². The monoisotopic (exact) mass is 277 g/mol. The fourth-order valence-corrected chi connectivity index (χ4v) is 2.51. The van der Waals surface area contributed by atoms with Crippen LogP contribution < -0.4 is 4.90 Å². The number of halogens is 1. The van der Waals surface area contributed by atoms with E-state index in [4.69, 9.17) is 0 Å². The van der Waals surface area contributed by atoms with Gasteiger partial charge in [-0.25, -0.2) is 14.4 Å². The minimum Gasteiger partial charge on any atom is -0.352 e. The predicted molar refractivity (Wildman–Crippen MR) is 74.8 cm³/mol. The molecule has 0 N–H and O–H groups in total. The normalized spacial score (nSPS) is 17.8. The van der Waals surface area contributed by atoms with Crippen molar-refractivity contribution in [1.29, 1.82) is 5.26 Å². The van der Waals surface area contributed by atoms with Crippen LogP contribution in [0.25, 0.3) is 0 Å². The highest BCUT2D eigenvalue weighted by Crippen LogP contribution is 2.20. The number of piperazine rings is 1. The van der Waals surface area contributed by atoms with Crippen molar-refractivity contribution in [2.24, 2.45) is 0 Å². The van der Waals surface area contributed by atoms with Crippen molar-refractivity contribution in [3.8, 4) is 6.07 Å². The molecule has 0 saturated carbocycles. The molecule has 1 aromatic heterocycles. The van der Waals surface area contributed by atoms with Crippen LogP contribution in [-0.4, -0.2) is 47.1 Å². The van der Waals surface area contributed by atoms with E-state index in [1.807, 2.05) is 4.90 Å². The van der Waals surface area contributed by atoms with E-state index in [9.17, 15) is 9.65 Å². The number of aromatic nitrogens is 2. The van der Waals surface area contributed by atoms with E-state index < -0.39 is 0 Å². The van der Waals surface area contributed by atoms with Gasteiger partial charge in [0, 0.05) is 26.2 Å². The van der Waals surface area contributed by atoms with Crippen molar-refractivity contribution >= 4 is 5.82 Å². The molecule has 20 heavy (non-hydrogen) atoms. The summed E-state index contributed by atoms with van der Waals surface area (Å²) in [6, 6.07) is 2.33. The molecule has 1 aliphatic rings. The van der Waals surface area contributed by atoms with E-state index >= 15 is 0 Å². The standard InChI is InChI=1S/C14H20FN5/c1-3-4-12(9-16)19-5-7-20(8-6-19)14-13(15)11(2)17-10-18-14/h10,12H,3-8H2,1-2H3. The Morgan fingerprint density at radius 3 is 2.65 bits per heavy atom. The van der Waals surface area contributed by atoms with Crippen molar-refractivity contribution in [1.82, 2.24) is 14.9 Å². The summed E-state index contributed by atoms with van der Waals surface area (Å²) in [5.74, 6) is 0.0347. The second-order valence-electron chi connectivity index (χ2n) is 5.05. The van der Waals surface area contributed by atoms with E-state index in [2.05, 4.69) is 27.9 Å². The fraction of sp³-hybridized carbons (Fsp3) is 0.643. The molecule has 1 fully saturated rings. The van der Waals surface area contributed by atoms with Crippen LogP contribution in [0, 0.1) is 24.1 Å². The fourth-order valence-electron chi connectivity index (χ4n) is 2.51. The minimum atomic E-state index is -0.341. The Balaban J connectivity index is 2.01. The summed E-state index contributed by atoms with van der Waals surface area (Å²) in [6.07, 6.45) is 3.28. The van der Waals surface area contributed by atoms with E-state index in [0.717, 1.165) is 25.9 Å². The van der Waals surface area contributed by atoms with Crippen LogP contribution in [0.3, 0.4) is 0 Å². The second-order valence-corrected chi connectivity index (χ2v) is 5.05. The van der Waals surface area contributed by atoms with Gasteiger partial charge in [0.2, 0.25) is 0 Å². The van der Waals surface area contributed by atoms with Crippen LogP contribution in [-0.2, 0) is 0 Å². The van der Waals surface area contributed by atoms with Crippen molar-refractivity contribution < 1.29 is 4.39 Å². The zero-order valence-electron chi connectivity index (χ0n) is 12.0. The predicted octanol–water partition coefficient (Wildman–Crippen LogP) is 1.74. The van der Waals surface area contributed by atoms with Crippen molar-refractivity contribution in [2.45, 2.75) is 32.7 Å². The summed E-state index contributed by atoms with van der Waals surface area (Å²) in [5, 5.41) is 9.19. The molecular formula is C14H20FN5. The van der Waals surface area contributed by atoms with Gasteiger partial charge in [-0.3, -0.25) is 4.90 Å². The Bertz CT molecular complexity index is 491. The molecule has 6 heteroatoms. The van der Waals surface area contributed by atoms with Gasteiger partial charge in [-0.2, -0.15) is 5.26 Å². The van der Waals surface area contributed by atoms with Gasteiger partial charge in [0.25, 0.3) is 0 Å². The lowest BCUT2D eigenvalue weighted by atomic mass is 10.1. The highest BCUT2D eigenvalue weighted by molar-refractivity contribution is 5.41. The SMILES string of the molecule is CCCC(C#N)N1CCN(c2ncnc(C)c2F)CC1. The first kappa shape index (κ1) is 14.7. The third-order valence-corrected chi connectivity index (χ3v) is 3.71. The molecule has 0 aromatic carbocycles. The molecular weight excluding hydrogens is 257 g/mol. The van der Waals surface area contributed by atoms with Gasteiger partial charge in [-0.05, 0) is 13.3 Å². The molecule has 1 atom stereocenters. The number of anilines is 1. The molecule has 0 radical (unpaired) electrons. The van der Waals surface area contributed by atoms with Crippen LogP contribution in [0.1, 0.15) is 25.5 Å². The van der Waals surface area contributed by atoms with Crippen LogP contribution >= 0.6 is 0 Å². The number of hydrogen-bond acceptors (Lipinski definition) is 5. The Morgan fingerprint density at radius 2 is 2.05 bits per heavy atom. The van der Waals surface area contributed by atoms with Gasteiger partial charge >= 0.3 is 0 Å². The zero-order chi connectivity index (χ0) is 14.5. The molecule has 1 aliphatic heterocycles. The average molecular weight is 277 g/mol. The molecule has 0 aliphatic carbocycles. The van der Waals surface area contributed by atoms with Crippen LogP contribution in [0.15, 0.2) is 6.33 Å². The quantitative estimate of drug-likeness (QED) is 0.839. The highest BCUT2D eigenvalue weighted by atomic mass is 19.1. The van der Waals surface area contributed by atoms with Gasteiger partial charge in [0.1, 0.15) is 6.33 Å². The summed E-state index contributed by atoms with van der Waals surface area (Å²) in [5.41, 5.74) is 0.373. The summed E-state index contributed by atoms with van der Waals surface area (Å²) in [7, 11) is 0. The van der Waals surface area contributed by atoms with E-state index in [1.54, 1.807) is 6.92 Å². The van der Waals surface area contributed by atoms with Crippen molar-refractivity contribution in [3.05, 3.63) is 17.8 Å². The Labute approximate surface area is 119 Å². The Kier molecular flexibility index (Phi) is 4.85. The van der Waals surface area contributed by atoms with Gasteiger partial charge in [-0.15, -0.1) is 0 Å². The molecule has 5 nitrogen and oxygen atoms in total. The average Bonchev–Trinajstić information content (AvgIpc) is 2.48. The molecule has 0 amide bonds. The number of nitriles is 1. The highest BCUT2D eigenvalue weighted by Gasteiger charge is 2.25. The third-order valence-electron chi connectivity index (χ3n) is 3.71. The first-order chi connectivity index (χ1) is 9.67. The van der Waals surface area contributed by atoms with E-state index in [-0.39, 0.29) is 11.9 Å².